The number of aromatic nitrogens is 2. The number of hydrogen-bond donors (Lipinski definition) is 0. The number of benzene rings is 9. The summed E-state index contributed by atoms with van der Waals surface area (Å²) in [6, 6.07) is 79.6. The standard InChI is InChI=1S/C60H42N2/c1-59(2)51-30-16-14-27-46(51)50-37-40(33-36-52(50)59)43-34-35-47(45-26-13-12-25-44(43)45)55-38-56(62-58(61-55)39-19-6-3-7-20-39)49-29-18-32-54-57(49)48-28-15-17-31-53(48)60(54,41-21-8-4-9-22-41)42-23-10-5-11-24-42/h3-38H,1-2H3. The fourth-order valence-electron chi connectivity index (χ4n) is 10.8. The van der Waals surface area contributed by atoms with Crippen molar-refractivity contribution >= 4 is 10.8 Å². The Labute approximate surface area is 362 Å². The second-order valence-corrected chi connectivity index (χ2v) is 17.2. The zero-order valence-electron chi connectivity index (χ0n) is 34.7. The first kappa shape index (κ1) is 36.2. The molecule has 0 fully saturated rings. The summed E-state index contributed by atoms with van der Waals surface area (Å²) in [5.41, 5.74) is 19.7. The zero-order chi connectivity index (χ0) is 41.4. The molecule has 0 aliphatic heterocycles. The van der Waals surface area contributed by atoms with E-state index in [9.17, 15) is 0 Å². The van der Waals surface area contributed by atoms with Crippen LogP contribution in [-0.4, -0.2) is 9.97 Å². The maximum atomic E-state index is 5.44. The molecule has 0 N–H and O–H groups in total. The monoisotopic (exact) mass is 790 g/mol. The number of fused-ring (bicyclic) bond motifs is 7. The van der Waals surface area contributed by atoms with Crippen LogP contribution in [0.1, 0.15) is 47.2 Å². The smallest absolute Gasteiger partial charge is 0.160 e. The predicted octanol–water partition coefficient (Wildman–Crippen LogP) is 15.0. The average molecular weight is 791 g/mol. The summed E-state index contributed by atoms with van der Waals surface area (Å²) >= 11 is 0. The largest absolute Gasteiger partial charge is 0.228 e. The van der Waals surface area contributed by atoms with E-state index in [1.165, 1.54) is 72.1 Å². The van der Waals surface area contributed by atoms with E-state index in [4.69, 9.17) is 9.97 Å². The molecule has 0 unspecified atom stereocenters. The van der Waals surface area contributed by atoms with E-state index >= 15 is 0 Å². The lowest BCUT2D eigenvalue weighted by Gasteiger charge is -2.33. The molecule has 0 atom stereocenters. The van der Waals surface area contributed by atoms with E-state index in [0.29, 0.717) is 5.82 Å². The lowest BCUT2D eigenvalue weighted by atomic mass is 9.67. The van der Waals surface area contributed by atoms with Gasteiger partial charge in [0, 0.05) is 22.1 Å². The van der Waals surface area contributed by atoms with Gasteiger partial charge in [0.25, 0.3) is 0 Å². The SMILES string of the molecule is CC1(C)c2ccccc2-c2cc(-c3ccc(-c4cc(-c5cccc6c5-c5ccccc5C6(c5ccccc5)c5ccccc5)nc(-c5ccccc5)n4)c4ccccc34)ccc21. The molecular weight excluding hydrogens is 749 g/mol. The van der Waals surface area contributed by atoms with Crippen LogP contribution in [0.2, 0.25) is 0 Å². The van der Waals surface area contributed by atoms with Crippen molar-refractivity contribution in [1.29, 1.82) is 0 Å². The third kappa shape index (κ3) is 5.29. The second kappa shape index (κ2) is 13.9. The first-order chi connectivity index (χ1) is 30.5. The maximum Gasteiger partial charge on any atom is 0.160 e. The van der Waals surface area contributed by atoms with Crippen molar-refractivity contribution in [1.82, 2.24) is 9.97 Å². The molecule has 1 aromatic heterocycles. The van der Waals surface area contributed by atoms with Crippen LogP contribution in [0.5, 0.6) is 0 Å². The Morgan fingerprint density at radius 3 is 1.55 bits per heavy atom. The van der Waals surface area contributed by atoms with Crippen molar-refractivity contribution in [2.75, 3.05) is 0 Å². The van der Waals surface area contributed by atoms with Crippen LogP contribution in [0.15, 0.2) is 218 Å². The molecule has 0 saturated carbocycles. The minimum atomic E-state index is -0.510. The summed E-state index contributed by atoms with van der Waals surface area (Å²) < 4.78 is 0. The van der Waals surface area contributed by atoms with E-state index in [-0.39, 0.29) is 5.41 Å². The van der Waals surface area contributed by atoms with Gasteiger partial charge in [0.15, 0.2) is 5.82 Å². The van der Waals surface area contributed by atoms with Gasteiger partial charge < -0.3 is 0 Å². The van der Waals surface area contributed by atoms with E-state index in [1.54, 1.807) is 0 Å². The highest BCUT2D eigenvalue weighted by Crippen LogP contribution is 2.58. The molecule has 0 bridgehead atoms. The van der Waals surface area contributed by atoms with Gasteiger partial charge in [-0.2, -0.15) is 0 Å². The summed E-state index contributed by atoms with van der Waals surface area (Å²) in [5.74, 6) is 0.701. The number of rotatable bonds is 6. The molecule has 2 aliphatic carbocycles. The summed E-state index contributed by atoms with van der Waals surface area (Å²) in [6.45, 7) is 4.68. The molecular formula is C60H42N2. The first-order valence-corrected chi connectivity index (χ1v) is 21.6. The molecule has 292 valence electrons. The summed E-state index contributed by atoms with van der Waals surface area (Å²) in [6.07, 6.45) is 0. The molecule has 2 aliphatic rings. The Morgan fingerprint density at radius 2 is 0.839 bits per heavy atom. The molecule has 10 aromatic rings. The van der Waals surface area contributed by atoms with Gasteiger partial charge >= 0.3 is 0 Å². The molecule has 1 heterocycles. The third-order valence-electron chi connectivity index (χ3n) is 13.6. The summed E-state index contributed by atoms with van der Waals surface area (Å²) in [7, 11) is 0. The lowest BCUT2D eigenvalue weighted by Crippen LogP contribution is -2.28. The Morgan fingerprint density at radius 1 is 0.323 bits per heavy atom. The van der Waals surface area contributed by atoms with Crippen molar-refractivity contribution in [2.24, 2.45) is 0 Å². The van der Waals surface area contributed by atoms with Crippen LogP contribution in [-0.2, 0) is 10.8 Å². The van der Waals surface area contributed by atoms with Gasteiger partial charge in [-0.15, -0.1) is 0 Å². The number of hydrogen-bond acceptors (Lipinski definition) is 2. The molecule has 2 nitrogen and oxygen atoms in total. The molecule has 2 heteroatoms. The highest BCUT2D eigenvalue weighted by molar-refractivity contribution is 6.06. The fourth-order valence-corrected chi connectivity index (χ4v) is 10.8. The van der Waals surface area contributed by atoms with Crippen molar-refractivity contribution in [2.45, 2.75) is 24.7 Å². The van der Waals surface area contributed by atoms with Crippen LogP contribution in [0, 0.1) is 0 Å². The van der Waals surface area contributed by atoms with Crippen molar-refractivity contribution in [3.8, 4) is 67.3 Å². The van der Waals surface area contributed by atoms with Gasteiger partial charge in [-0.3, -0.25) is 0 Å². The van der Waals surface area contributed by atoms with Gasteiger partial charge in [-0.1, -0.05) is 220 Å². The topological polar surface area (TPSA) is 25.8 Å². The van der Waals surface area contributed by atoms with Crippen molar-refractivity contribution in [3.63, 3.8) is 0 Å². The van der Waals surface area contributed by atoms with Gasteiger partial charge in [0.1, 0.15) is 0 Å². The van der Waals surface area contributed by atoms with Gasteiger partial charge in [0.2, 0.25) is 0 Å². The molecule has 0 amide bonds. The normalized spacial score (nSPS) is 13.9. The van der Waals surface area contributed by atoms with Crippen LogP contribution in [0.3, 0.4) is 0 Å². The van der Waals surface area contributed by atoms with Gasteiger partial charge in [-0.25, -0.2) is 9.97 Å². The highest BCUT2D eigenvalue weighted by atomic mass is 14.9. The quantitative estimate of drug-likeness (QED) is 0.168. The van der Waals surface area contributed by atoms with Gasteiger partial charge in [-0.05, 0) is 89.7 Å². The Hall–Kier alpha value is -7.68. The van der Waals surface area contributed by atoms with Crippen LogP contribution in [0.25, 0.3) is 78.1 Å². The van der Waals surface area contributed by atoms with Crippen molar-refractivity contribution < 1.29 is 0 Å². The minimum Gasteiger partial charge on any atom is -0.228 e. The third-order valence-corrected chi connectivity index (χ3v) is 13.6. The Balaban J connectivity index is 1.08. The molecule has 62 heavy (non-hydrogen) atoms. The average Bonchev–Trinajstić information content (AvgIpc) is 3.77. The van der Waals surface area contributed by atoms with Crippen LogP contribution < -0.4 is 0 Å². The molecule has 0 saturated heterocycles. The molecule has 12 rings (SSSR count). The lowest BCUT2D eigenvalue weighted by molar-refractivity contribution is 0.660. The first-order valence-electron chi connectivity index (χ1n) is 21.6. The van der Waals surface area contributed by atoms with Crippen LogP contribution >= 0.6 is 0 Å². The minimum absolute atomic E-state index is 0.0386. The summed E-state index contributed by atoms with van der Waals surface area (Å²) in [5, 5.41) is 2.35. The molecule has 0 spiro atoms. The Kier molecular flexibility index (Phi) is 8.14. The van der Waals surface area contributed by atoms with E-state index in [1.807, 2.05) is 6.07 Å². The number of nitrogens with zero attached hydrogens (tertiary/aromatic N) is 2. The second-order valence-electron chi connectivity index (χ2n) is 17.2. The van der Waals surface area contributed by atoms with Crippen LogP contribution in [0.4, 0.5) is 0 Å². The fraction of sp³-hybridized carbons (Fsp3) is 0.0667. The maximum absolute atomic E-state index is 5.44. The van der Waals surface area contributed by atoms with E-state index in [2.05, 4.69) is 226 Å². The molecule has 9 aromatic carbocycles. The van der Waals surface area contributed by atoms with E-state index < -0.39 is 5.41 Å². The Bertz CT molecular complexity index is 3330. The highest BCUT2D eigenvalue weighted by Gasteiger charge is 2.47. The van der Waals surface area contributed by atoms with E-state index in [0.717, 1.165) is 33.5 Å². The zero-order valence-corrected chi connectivity index (χ0v) is 34.7. The summed E-state index contributed by atoms with van der Waals surface area (Å²) in [4.78, 5) is 10.8. The van der Waals surface area contributed by atoms with Gasteiger partial charge in [0.05, 0.1) is 16.8 Å². The molecule has 0 radical (unpaired) electrons. The van der Waals surface area contributed by atoms with Crippen molar-refractivity contribution in [3.05, 3.63) is 252 Å². The predicted molar refractivity (Wildman–Crippen MR) is 256 cm³/mol.